The summed E-state index contributed by atoms with van der Waals surface area (Å²) in [6.07, 6.45) is 44.5. The van der Waals surface area contributed by atoms with Crippen LogP contribution in [0.5, 0.6) is 0 Å². The van der Waals surface area contributed by atoms with Gasteiger partial charge in [-0.15, -0.1) is 0 Å². The van der Waals surface area contributed by atoms with Gasteiger partial charge in [-0.25, -0.2) is 9.13 Å². The predicted molar refractivity (Wildman–Crippen MR) is 367 cm³/mol. The molecule has 0 heterocycles. The molecule has 17 nitrogen and oxygen atoms in total. The zero-order valence-electron chi connectivity index (χ0n) is 59.5. The molecule has 0 aromatic heterocycles. The minimum Gasteiger partial charge on any atom is -0.462 e. The van der Waals surface area contributed by atoms with Crippen molar-refractivity contribution in [2.75, 3.05) is 39.6 Å². The summed E-state index contributed by atoms with van der Waals surface area (Å²) in [5.74, 6) is 0.906. The SMILES string of the molecule is CCC(C)CCCCCCCCCCCCCCCCC(=O)OC[C@H](COP(=O)(O)OC[C@@H](O)COP(=O)(O)OC[C@@H](COC(=O)CCCCCCCCC(C)CC)OC(=O)CCCCCCCCCCCC(C)C)OC(=O)CCCCCCCCCCC(C)C. The normalized spacial score (nSPS) is 14.8. The quantitative estimate of drug-likeness (QED) is 0.0222. The van der Waals surface area contributed by atoms with E-state index in [2.05, 4.69) is 55.4 Å². The number of esters is 4. The van der Waals surface area contributed by atoms with Crippen LogP contribution in [0.4, 0.5) is 0 Å². The van der Waals surface area contributed by atoms with E-state index < -0.39 is 97.5 Å². The Morgan fingerprint density at radius 3 is 0.780 bits per heavy atom. The number of hydrogen-bond donors (Lipinski definition) is 3. The predicted octanol–water partition coefficient (Wildman–Crippen LogP) is 20.5. The van der Waals surface area contributed by atoms with Crippen LogP contribution in [0.15, 0.2) is 0 Å². The highest BCUT2D eigenvalue weighted by Gasteiger charge is 2.30. The second-order valence-electron chi connectivity index (χ2n) is 27.4. The number of carbonyl (C=O) groups is 4. The molecule has 0 fully saturated rings. The van der Waals surface area contributed by atoms with Crippen molar-refractivity contribution in [3.8, 4) is 0 Å². The van der Waals surface area contributed by atoms with Crippen molar-refractivity contribution in [2.45, 2.75) is 375 Å². The molecule has 0 rings (SSSR count). The number of aliphatic hydroxyl groups excluding tert-OH is 1. The lowest BCUT2D eigenvalue weighted by atomic mass is 9.99. The maximum absolute atomic E-state index is 13.0. The molecule has 0 spiro atoms. The van der Waals surface area contributed by atoms with Gasteiger partial charge in [0.25, 0.3) is 0 Å². The van der Waals surface area contributed by atoms with Crippen molar-refractivity contribution < 1.29 is 80.2 Å². The second-order valence-corrected chi connectivity index (χ2v) is 30.3. The average molecular weight is 1340 g/mol. The van der Waals surface area contributed by atoms with Gasteiger partial charge < -0.3 is 33.8 Å². The lowest BCUT2D eigenvalue weighted by Crippen LogP contribution is -2.30. The van der Waals surface area contributed by atoms with Crippen molar-refractivity contribution in [1.82, 2.24) is 0 Å². The summed E-state index contributed by atoms with van der Waals surface area (Å²) in [4.78, 5) is 72.6. The fourth-order valence-corrected chi connectivity index (χ4v) is 12.4. The van der Waals surface area contributed by atoms with Gasteiger partial charge in [0.2, 0.25) is 0 Å². The number of phosphoric ester groups is 2. The Labute approximate surface area is 556 Å². The van der Waals surface area contributed by atoms with Gasteiger partial charge in [0, 0.05) is 25.7 Å². The van der Waals surface area contributed by atoms with Gasteiger partial charge in [0.1, 0.15) is 19.3 Å². The number of phosphoric acid groups is 2. The van der Waals surface area contributed by atoms with E-state index in [-0.39, 0.29) is 25.7 Å². The van der Waals surface area contributed by atoms with E-state index in [0.717, 1.165) is 120 Å². The molecule has 0 aromatic rings. The molecule has 0 aromatic carbocycles. The lowest BCUT2D eigenvalue weighted by molar-refractivity contribution is -0.161. The van der Waals surface area contributed by atoms with E-state index in [1.165, 1.54) is 154 Å². The fraction of sp³-hybridized carbons (Fsp3) is 0.944. The maximum atomic E-state index is 13.0. The molecule has 0 aliphatic rings. The first kappa shape index (κ1) is 89.1. The van der Waals surface area contributed by atoms with Crippen LogP contribution in [0.2, 0.25) is 0 Å². The van der Waals surface area contributed by atoms with Gasteiger partial charge in [-0.3, -0.25) is 37.3 Å². The summed E-state index contributed by atoms with van der Waals surface area (Å²) >= 11 is 0. The van der Waals surface area contributed by atoms with Crippen LogP contribution in [0.25, 0.3) is 0 Å². The second kappa shape index (κ2) is 61.6. The van der Waals surface area contributed by atoms with E-state index in [9.17, 15) is 43.2 Å². The molecule has 0 amide bonds. The van der Waals surface area contributed by atoms with Crippen molar-refractivity contribution in [1.29, 1.82) is 0 Å². The molecular weight excluding hydrogens is 1200 g/mol. The molecule has 0 radical (unpaired) electrons. The lowest BCUT2D eigenvalue weighted by Gasteiger charge is -2.21. The maximum Gasteiger partial charge on any atom is 0.472 e. The van der Waals surface area contributed by atoms with E-state index in [1.807, 2.05) is 0 Å². The third-order valence-corrected chi connectivity index (χ3v) is 19.2. The Morgan fingerprint density at radius 2 is 0.527 bits per heavy atom. The van der Waals surface area contributed by atoms with Crippen LogP contribution in [0, 0.1) is 23.7 Å². The average Bonchev–Trinajstić information content (AvgIpc) is 2.99. The Bertz CT molecular complexity index is 1800. The monoisotopic (exact) mass is 1340 g/mol. The Morgan fingerprint density at radius 1 is 0.308 bits per heavy atom. The van der Waals surface area contributed by atoms with Crippen LogP contribution in [-0.2, 0) is 65.4 Å². The van der Waals surface area contributed by atoms with Crippen LogP contribution in [0.3, 0.4) is 0 Å². The fourth-order valence-electron chi connectivity index (χ4n) is 10.8. The van der Waals surface area contributed by atoms with Crippen LogP contribution >= 0.6 is 15.6 Å². The molecule has 0 aliphatic carbocycles. The summed E-state index contributed by atoms with van der Waals surface area (Å²) in [5, 5.41) is 10.6. The molecular formula is C72H140O17P2. The first-order chi connectivity index (χ1) is 43.7. The van der Waals surface area contributed by atoms with Gasteiger partial charge in [0.15, 0.2) is 12.2 Å². The molecule has 0 bridgehead atoms. The van der Waals surface area contributed by atoms with Crippen LogP contribution in [-0.4, -0.2) is 96.7 Å². The highest BCUT2D eigenvalue weighted by Crippen LogP contribution is 2.45. The molecule has 0 saturated heterocycles. The number of hydrogen-bond acceptors (Lipinski definition) is 15. The van der Waals surface area contributed by atoms with Gasteiger partial charge in [-0.05, 0) is 49.4 Å². The number of unbranched alkanes of at least 4 members (excludes halogenated alkanes) is 33. The van der Waals surface area contributed by atoms with Gasteiger partial charge in [0.05, 0.1) is 26.4 Å². The van der Waals surface area contributed by atoms with Gasteiger partial charge >= 0.3 is 39.5 Å². The summed E-state index contributed by atoms with van der Waals surface area (Å²) < 4.78 is 68.3. The highest BCUT2D eigenvalue weighted by molar-refractivity contribution is 7.47. The van der Waals surface area contributed by atoms with Crippen molar-refractivity contribution in [2.24, 2.45) is 23.7 Å². The minimum absolute atomic E-state index is 0.104. The standard InChI is InChI=1S/C72H140O17P2/c1-9-64(7)50-42-34-26-19-15-13-11-12-14-16-20-27-36-44-52-69(74)82-58-67(89-72(77)55-47-39-29-23-22-25-33-41-49-63(5)6)60-86-90(78,79)84-56-66(73)57-85-91(80,81)87-61-68(59-83-70(75)53-45-37-31-30-35-43-51-65(8)10-2)88-71(76)54-46-38-28-21-17-18-24-32-40-48-62(3)4/h62-68,73H,9-61H2,1-8H3,(H,78,79)(H,80,81)/t64?,65?,66-,67-,68-/m1/s1. The van der Waals surface area contributed by atoms with E-state index in [0.29, 0.717) is 25.7 Å². The Kier molecular flexibility index (Phi) is 60.3. The zero-order chi connectivity index (χ0) is 67.5. The topological polar surface area (TPSA) is 237 Å². The third-order valence-electron chi connectivity index (χ3n) is 17.3. The number of rotatable bonds is 69. The Hall–Kier alpha value is -1.94. The molecule has 19 heteroatoms. The smallest absolute Gasteiger partial charge is 0.462 e. The van der Waals surface area contributed by atoms with Crippen molar-refractivity contribution in [3.63, 3.8) is 0 Å². The molecule has 7 atom stereocenters. The summed E-state index contributed by atoms with van der Waals surface area (Å²) in [6, 6.07) is 0. The van der Waals surface area contributed by atoms with Crippen molar-refractivity contribution in [3.05, 3.63) is 0 Å². The number of ether oxygens (including phenoxy) is 4. The number of aliphatic hydroxyl groups is 1. The first-order valence-electron chi connectivity index (χ1n) is 37.3. The van der Waals surface area contributed by atoms with E-state index in [4.69, 9.17) is 37.0 Å². The number of carbonyl (C=O) groups excluding carboxylic acids is 4. The first-order valence-corrected chi connectivity index (χ1v) is 40.3. The van der Waals surface area contributed by atoms with Gasteiger partial charge in [-0.2, -0.15) is 0 Å². The summed E-state index contributed by atoms with van der Waals surface area (Å²) in [6.45, 7) is 14.1. The molecule has 4 unspecified atom stereocenters. The minimum atomic E-state index is -4.95. The van der Waals surface area contributed by atoms with E-state index in [1.54, 1.807) is 0 Å². The molecule has 91 heavy (non-hydrogen) atoms. The van der Waals surface area contributed by atoms with Crippen molar-refractivity contribution >= 4 is 39.5 Å². The van der Waals surface area contributed by atoms with Crippen LogP contribution in [0.1, 0.15) is 357 Å². The van der Waals surface area contributed by atoms with E-state index >= 15 is 0 Å². The molecule has 540 valence electrons. The molecule has 0 saturated carbocycles. The molecule has 0 aliphatic heterocycles. The van der Waals surface area contributed by atoms with Crippen LogP contribution < -0.4 is 0 Å². The van der Waals surface area contributed by atoms with Gasteiger partial charge in [-0.1, -0.05) is 306 Å². The Balaban J connectivity index is 5.21. The highest BCUT2D eigenvalue weighted by atomic mass is 31.2. The largest absolute Gasteiger partial charge is 0.472 e. The molecule has 3 N–H and O–H groups in total. The summed E-state index contributed by atoms with van der Waals surface area (Å²) in [7, 11) is -9.90. The third kappa shape index (κ3) is 63.9. The summed E-state index contributed by atoms with van der Waals surface area (Å²) in [5.41, 5.74) is 0. The zero-order valence-corrected chi connectivity index (χ0v) is 61.3.